The summed E-state index contributed by atoms with van der Waals surface area (Å²) >= 11 is 0. The molecule has 0 bridgehead atoms. The van der Waals surface area contributed by atoms with Crippen molar-refractivity contribution < 1.29 is 8.42 Å². The van der Waals surface area contributed by atoms with E-state index in [4.69, 9.17) is 5.73 Å². The van der Waals surface area contributed by atoms with E-state index in [2.05, 4.69) is 10.8 Å². The molecule has 0 heterocycles. The van der Waals surface area contributed by atoms with Gasteiger partial charge in [-0.2, -0.15) is 0 Å². The van der Waals surface area contributed by atoms with Gasteiger partial charge in [0.15, 0.2) is 0 Å². The smallest absolute Gasteiger partial charge is 0.240 e. The van der Waals surface area contributed by atoms with Gasteiger partial charge in [-0.25, -0.2) is 13.1 Å². The van der Waals surface area contributed by atoms with Crippen molar-refractivity contribution in [1.82, 2.24) is 4.72 Å². The van der Waals surface area contributed by atoms with Crippen LogP contribution in [0.2, 0.25) is 0 Å². The Morgan fingerprint density at radius 2 is 1.88 bits per heavy atom. The molecule has 1 aromatic carbocycles. The lowest BCUT2D eigenvalue weighted by Crippen LogP contribution is -2.36. The maximum absolute atomic E-state index is 12.7. The van der Waals surface area contributed by atoms with E-state index in [1.807, 2.05) is 19.1 Å². The van der Waals surface area contributed by atoms with Crippen molar-refractivity contribution in [2.45, 2.75) is 68.8 Å². The predicted molar refractivity (Wildman–Crippen MR) is 98.0 cm³/mol. The fraction of sp³-hybridized carbons (Fsp3) is 0.579. The molecule has 2 saturated carbocycles. The molecule has 132 valence electrons. The Hall–Kier alpha value is -1.17. The highest BCUT2D eigenvalue weighted by Gasteiger charge is 2.23. The number of benzene rings is 1. The summed E-state index contributed by atoms with van der Waals surface area (Å²) in [5.74, 6) is 0.645. The molecule has 1 aromatic rings. The fourth-order valence-corrected chi connectivity index (χ4v) is 4.66. The third-order valence-electron chi connectivity index (χ3n) is 4.96. The summed E-state index contributed by atoms with van der Waals surface area (Å²) in [6.07, 6.45) is 12.0. The summed E-state index contributed by atoms with van der Waals surface area (Å²) in [5.41, 5.74) is 7.96. The highest BCUT2D eigenvalue weighted by atomic mass is 32.2. The molecule has 2 aliphatic carbocycles. The van der Waals surface area contributed by atoms with Gasteiger partial charge in [0.05, 0.1) is 4.90 Å². The molecular weight excluding hydrogens is 320 g/mol. The first-order valence-corrected chi connectivity index (χ1v) is 10.5. The Morgan fingerprint density at radius 1 is 1.17 bits per heavy atom. The minimum absolute atomic E-state index is 0.0716. The zero-order valence-corrected chi connectivity index (χ0v) is 15.2. The third kappa shape index (κ3) is 4.47. The number of nitrogens with one attached hydrogen (secondary N) is 1. The zero-order valence-electron chi connectivity index (χ0n) is 14.4. The summed E-state index contributed by atoms with van der Waals surface area (Å²) in [4.78, 5) is 0.341. The average molecular weight is 349 g/mol. The van der Waals surface area contributed by atoms with Crippen molar-refractivity contribution in [2.75, 3.05) is 0 Å². The second kappa shape index (κ2) is 7.38. The Balaban J connectivity index is 1.84. The molecule has 0 radical (unpaired) electrons. The highest BCUT2D eigenvalue weighted by Crippen LogP contribution is 2.32. The first-order chi connectivity index (χ1) is 11.5. The molecule has 24 heavy (non-hydrogen) atoms. The fourth-order valence-electron chi connectivity index (χ4n) is 3.32. The van der Waals surface area contributed by atoms with E-state index in [1.165, 1.54) is 19.3 Å². The van der Waals surface area contributed by atoms with Crippen LogP contribution in [0.25, 0.3) is 6.08 Å². The zero-order chi connectivity index (χ0) is 17.2. The van der Waals surface area contributed by atoms with E-state index in [0.717, 1.165) is 36.8 Å². The summed E-state index contributed by atoms with van der Waals surface area (Å²) < 4.78 is 28.3. The molecule has 2 aliphatic rings. The van der Waals surface area contributed by atoms with Crippen molar-refractivity contribution in [1.29, 1.82) is 0 Å². The minimum atomic E-state index is -3.47. The van der Waals surface area contributed by atoms with E-state index in [0.29, 0.717) is 10.8 Å². The lowest BCUT2D eigenvalue weighted by Gasteiger charge is -2.23. The van der Waals surface area contributed by atoms with Crippen LogP contribution in [0.15, 0.2) is 29.2 Å². The quantitative estimate of drug-likeness (QED) is 0.822. The SMILES string of the molecule is C[C@H](N)c1ccc(S(=O)(=O)NC2CCCCC2)cc1/C=C/C1CC1. The summed E-state index contributed by atoms with van der Waals surface area (Å²) in [5, 5.41) is 0. The van der Waals surface area contributed by atoms with Gasteiger partial charge in [-0.1, -0.05) is 37.5 Å². The van der Waals surface area contributed by atoms with E-state index in [-0.39, 0.29) is 12.1 Å². The van der Waals surface area contributed by atoms with Crippen LogP contribution in [0.1, 0.15) is 69.0 Å². The van der Waals surface area contributed by atoms with Gasteiger partial charge in [-0.15, -0.1) is 0 Å². The van der Waals surface area contributed by atoms with Gasteiger partial charge in [0.2, 0.25) is 10.0 Å². The van der Waals surface area contributed by atoms with Crippen LogP contribution < -0.4 is 10.5 Å². The van der Waals surface area contributed by atoms with Crippen LogP contribution in [-0.4, -0.2) is 14.5 Å². The molecule has 1 atom stereocenters. The number of sulfonamides is 1. The number of allylic oxidation sites excluding steroid dienone is 1. The van der Waals surface area contributed by atoms with Crippen molar-refractivity contribution in [2.24, 2.45) is 11.7 Å². The van der Waals surface area contributed by atoms with Gasteiger partial charge >= 0.3 is 0 Å². The van der Waals surface area contributed by atoms with Crippen molar-refractivity contribution in [3.8, 4) is 0 Å². The van der Waals surface area contributed by atoms with Crippen molar-refractivity contribution >= 4 is 16.1 Å². The highest BCUT2D eigenvalue weighted by molar-refractivity contribution is 7.89. The molecule has 3 N–H and O–H groups in total. The normalized spacial score (nSPS) is 21.2. The molecular formula is C19H28N2O2S. The van der Waals surface area contributed by atoms with Crippen LogP contribution in [0.5, 0.6) is 0 Å². The average Bonchev–Trinajstić information content (AvgIpc) is 3.37. The van der Waals surface area contributed by atoms with Crippen LogP contribution in [0.3, 0.4) is 0 Å². The van der Waals surface area contributed by atoms with Gasteiger partial charge < -0.3 is 5.73 Å². The molecule has 0 amide bonds. The standard InChI is InChI=1S/C19H28N2O2S/c1-14(20)19-12-11-18(13-16(19)10-9-15-7-8-15)24(22,23)21-17-5-3-2-4-6-17/h9-15,17,21H,2-8,20H2,1H3/b10-9+/t14-/m0/s1. The molecule has 0 saturated heterocycles. The first kappa shape index (κ1) is 17.6. The summed E-state index contributed by atoms with van der Waals surface area (Å²) in [6.45, 7) is 1.93. The number of rotatable bonds is 6. The molecule has 3 rings (SSSR count). The summed E-state index contributed by atoms with van der Waals surface area (Å²) in [6, 6.07) is 5.25. The lowest BCUT2D eigenvalue weighted by atomic mass is 9.96. The van der Waals surface area contributed by atoms with Crippen molar-refractivity contribution in [3.63, 3.8) is 0 Å². The van der Waals surface area contributed by atoms with Crippen molar-refractivity contribution in [3.05, 3.63) is 35.4 Å². The topological polar surface area (TPSA) is 72.2 Å². The Labute approximate surface area is 145 Å². The molecule has 0 unspecified atom stereocenters. The predicted octanol–water partition coefficient (Wildman–Crippen LogP) is 3.74. The Kier molecular flexibility index (Phi) is 5.42. The lowest BCUT2D eigenvalue weighted by molar-refractivity contribution is 0.412. The second-order valence-corrected chi connectivity index (χ2v) is 8.95. The first-order valence-electron chi connectivity index (χ1n) is 9.06. The van der Waals surface area contributed by atoms with E-state index < -0.39 is 10.0 Å². The van der Waals surface area contributed by atoms with Crippen LogP contribution >= 0.6 is 0 Å². The molecule has 4 nitrogen and oxygen atoms in total. The maximum atomic E-state index is 12.7. The van der Waals surface area contributed by atoms with Gasteiger partial charge in [0.1, 0.15) is 0 Å². The number of hydrogen-bond donors (Lipinski definition) is 2. The van der Waals surface area contributed by atoms with Gasteiger partial charge in [-0.3, -0.25) is 0 Å². The second-order valence-electron chi connectivity index (χ2n) is 7.23. The monoisotopic (exact) mass is 348 g/mol. The Morgan fingerprint density at radius 3 is 2.50 bits per heavy atom. The maximum Gasteiger partial charge on any atom is 0.240 e. The van der Waals surface area contributed by atoms with E-state index in [9.17, 15) is 8.42 Å². The minimum Gasteiger partial charge on any atom is -0.324 e. The molecule has 5 heteroatoms. The largest absolute Gasteiger partial charge is 0.324 e. The van der Waals surface area contributed by atoms with Crippen LogP contribution in [0.4, 0.5) is 0 Å². The van der Waals surface area contributed by atoms with Crippen LogP contribution in [0, 0.1) is 5.92 Å². The summed E-state index contributed by atoms with van der Waals surface area (Å²) in [7, 11) is -3.47. The third-order valence-corrected chi connectivity index (χ3v) is 6.47. The Bertz CT molecular complexity index is 700. The van der Waals surface area contributed by atoms with Gasteiger partial charge in [0, 0.05) is 12.1 Å². The molecule has 0 aliphatic heterocycles. The van der Waals surface area contributed by atoms with Gasteiger partial charge in [-0.05, 0) is 61.8 Å². The van der Waals surface area contributed by atoms with Gasteiger partial charge in [0.25, 0.3) is 0 Å². The number of hydrogen-bond acceptors (Lipinski definition) is 3. The van der Waals surface area contributed by atoms with Crippen LogP contribution in [-0.2, 0) is 10.0 Å². The molecule has 0 spiro atoms. The van der Waals surface area contributed by atoms with E-state index in [1.54, 1.807) is 12.1 Å². The van der Waals surface area contributed by atoms with E-state index >= 15 is 0 Å². The molecule has 2 fully saturated rings. The molecule has 0 aromatic heterocycles. The number of nitrogens with two attached hydrogens (primary N) is 1.